The summed E-state index contributed by atoms with van der Waals surface area (Å²) in [5.41, 5.74) is 2.13. The Hall–Kier alpha value is -2.15. The molecule has 0 aromatic heterocycles. The van der Waals surface area contributed by atoms with Gasteiger partial charge in [-0.2, -0.15) is 0 Å². The van der Waals surface area contributed by atoms with E-state index in [0.29, 0.717) is 5.75 Å². The SMILES string of the molecule is C#CCOc1ccc(-c2ccc(OCC(O)CCl)cc2)cc1. The normalized spacial score (nSPS) is 11.5. The van der Waals surface area contributed by atoms with Crippen molar-refractivity contribution in [2.75, 3.05) is 19.1 Å². The predicted molar refractivity (Wildman–Crippen MR) is 88.4 cm³/mol. The largest absolute Gasteiger partial charge is 0.491 e. The number of terminal acetylenes is 1. The third-order valence-corrected chi connectivity index (χ3v) is 3.34. The zero-order chi connectivity index (χ0) is 15.8. The standard InChI is InChI=1S/C18H17ClO3/c1-2-11-21-17-7-3-14(4-8-17)15-5-9-18(10-6-15)22-13-16(20)12-19/h1,3-10,16,20H,11-13H2. The summed E-state index contributed by atoms with van der Waals surface area (Å²) in [7, 11) is 0. The number of aliphatic hydroxyl groups excluding tert-OH is 1. The molecule has 2 aromatic carbocycles. The molecule has 0 heterocycles. The van der Waals surface area contributed by atoms with Gasteiger partial charge in [-0.25, -0.2) is 0 Å². The molecule has 0 fully saturated rings. The average molecular weight is 317 g/mol. The van der Waals surface area contributed by atoms with Crippen LogP contribution in [0.2, 0.25) is 0 Å². The second kappa shape index (κ2) is 8.33. The number of benzene rings is 2. The van der Waals surface area contributed by atoms with Crippen molar-refractivity contribution in [3.63, 3.8) is 0 Å². The third-order valence-electron chi connectivity index (χ3n) is 2.98. The van der Waals surface area contributed by atoms with E-state index in [1.165, 1.54) is 0 Å². The number of ether oxygens (including phenoxy) is 2. The Morgan fingerprint density at radius 1 is 0.955 bits per heavy atom. The van der Waals surface area contributed by atoms with Crippen molar-refractivity contribution >= 4 is 11.6 Å². The fourth-order valence-electron chi connectivity index (χ4n) is 1.85. The van der Waals surface area contributed by atoms with Crippen LogP contribution in [0.3, 0.4) is 0 Å². The van der Waals surface area contributed by atoms with Crippen molar-refractivity contribution < 1.29 is 14.6 Å². The van der Waals surface area contributed by atoms with Crippen LogP contribution in [0.25, 0.3) is 11.1 Å². The van der Waals surface area contributed by atoms with E-state index in [2.05, 4.69) is 5.92 Å². The zero-order valence-corrected chi connectivity index (χ0v) is 12.8. The molecular weight excluding hydrogens is 300 g/mol. The highest BCUT2D eigenvalue weighted by atomic mass is 35.5. The van der Waals surface area contributed by atoms with E-state index in [9.17, 15) is 5.11 Å². The summed E-state index contributed by atoms with van der Waals surface area (Å²) in [5, 5.41) is 9.36. The number of hydrogen-bond acceptors (Lipinski definition) is 3. The molecule has 1 unspecified atom stereocenters. The Morgan fingerprint density at radius 2 is 1.45 bits per heavy atom. The summed E-state index contributed by atoms with van der Waals surface area (Å²) in [6.45, 7) is 0.448. The fourth-order valence-corrected chi connectivity index (χ4v) is 1.94. The lowest BCUT2D eigenvalue weighted by atomic mass is 10.1. The lowest BCUT2D eigenvalue weighted by Crippen LogP contribution is -2.18. The van der Waals surface area contributed by atoms with E-state index in [-0.39, 0.29) is 19.1 Å². The molecule has 0 radical (unpaired) electrons. The van der Waals surface area contributed by atoms with Gasteiger partial charge < -0.3 is 14.6 Å². The molecule has 0 saturated carbocycles. The molecule has 1 atom stereocenters. The Labute approximate surface area is 135 Å². The molecule has 2 aromatic rings. The van der Waals surface area contributed by atoms with E-state index >= 15 is 0 Å². The summed E-state index contributed by atoms with van der Waals surface area (Å²) in [6.07, 6.45) is 4.50. The highest BCUT2D eigenvalue weighted by molar-refractivity contribution is 6.18. The average Bonchev–Trinajstić information content (AvgIpc) is 2.58. The molecule has 0 saturated heterocycles. The van der Waals surface area contributed by atoms with Crippen molar-refractivity contribution in [1.29, 1.82) is 0 Å². The Bertz CT molecular complexity index is 614. The predicted octanol–water partition coefficient (Wildman–Crippen LogP) is 3.34. The van der Waals surface area contributed by atoms with Gasteiger partial charge in [0.05, 0.1) is 5.88 Å². The topological polar surface area (TPSA) is 38.7 Å². The lowest BCUT2D eigenvalue weighted by molar-refractivity contribution is 0.125. The number of rotatable bonds is 7. The van der Waals surface area contributed by atoms with Crippen LogP contribution in [-0.4, -0.2) is 30.3 Å². The van der Waals surface area contributed by atoms with Crippen molar-refractivity contribution in [1.82, 2.24) is 0 Å². The van der Waals surface area contributed by atoms with E-state index < -0.39 is 6.10 Å². The molecule has 0 aliphatic carbocycles. The maximum atomic E-state index is 9.36. The van der Waals surface area contributed by atoms with Crippen LogP contribution < -0.4 is 9.47 Å². The molecule has 22 heavy (non-hydrogen) atoms. The van der Waals surface area contributed by atoms with Gasteiger partial charge in [0.1, 0.15) is 30.8 Å². The summed E-state index contributed by atoms with van der Waals surface area (Å²) in [5.74, 6) is 4.03. The minimum atomic E-state index is -0.656. The minimum absolute atomic E-state index is 0.159. The van der Waals surface area contributed by atoms with E-state index in [0.717, 1.165) is 16.9 Å². The highest BCUT2D eigenvalue weighted by Gasteiger charge is 2.04. The molecule has 0 aliphatic rings. The molecule has 1 N–H and O–H groups in total. The number of aliphatic hydroxyl groups is 1. The summed E-state index contributed by atoms with van der Waals surface area (Å²) < 4.78 is 10.8. The van der Waals surface area contributed by atoms with Crippen LogP contribution in [-0.2, 0) is 0 Å². The van der Waals surface area contributed by atoms with Gasteiger partial charge >= 0.3 is 0 Å². The minimum Gasteiger partial charge on any atom is -0.491 e. The highest BCUT2D eigenvalue weighted by Crippen LogP contribution is 2.24. The second-order valence-corrected chi connectivity index (χ2v) is 4.97. The van der Waals surface area contributed by atoms with Gasteiger partial charge in [-0.3, -0.25) is 0 Å². The van der Waals surface area contributed by atoms with Crippen LogP contribution in [0.1, 0.15) is 0 Å². The monoisotopic (exact) mass is 316 g/mol. The van der Waals surface area contributed by atoms with Gasteiger partial charge in [0, 0.05) is 0 Å². The van der Waals surface area contributed by atoms with Crippen LogP contribution in [0.4, 0.5) is 0 Å². The molecule has 4 heteroatoms. The van der Waals surface area contributed by atoms with E-state index in [1.807, 2.05) is 48.5 Å². The van der Waals surface area contributed by atoms with Crippen LogP contribution in [0.15, 0.2) is 48.5 Å². The molecule has 0 amide bonds. The van der Waals surface area contributed by atoms with Crippen molar-refractivity contribution in [3.8, 4) is 35.0 Å². The van der Waals surface area contributed by atoms with Gasteiger partial charge in [-0.05, 0) is 35.4 Å². The first-order valence-corrected chi connectivity index (χ1v) is 7.40. The van der Waals surface area contributed by atoms with Crippen LogP contribution >= 0.6 is 11.6 Å². The van der Waals surface area contributed by atoms with Gasteiger partial charge in [-0.1, -0.05) is 30.2 Å². The van der Waals surface area contributed by atoms with E-state index in [4.69, 9.17) is 27.5 Å². The second-order valence-electron chi connectivity index (χ2n) is 4.66. The first-order chi connectivity index (χ1) is 10.7. The molecular formula is C18H17ClO3. The summed E-state index contributed by atoms with van der Waals surface area (Å²) in [4.78, 5) is 0. The fraction of sp³-hybridized carbons (Fsp3) is 0.222. The first-order valence-electron chi connectivity index (χ1n) is 6.86. The van der Waals surface area contributed by atoms with Crippen LogP contribution in [0, 0.1) is 12.3 Å². The Kier molecular flexibility index (Phi) is 6.14. The van der Waals surface area contributed by atoms with Crippen molar-refractivity contribution in [3.05, 3.63) is 48.5 Å². The molecule has 3 nitrogen and oxygen atoms in total. The number of hydrogen-bond donors (Lipinski definition) is 1. The van der Waals surface area contributed by atoms with Crippen LogP contribution in [0.5, 0.6) is 11.5 Å². The Balaban J connectivity index is 1.99. The molecule has 0 aliphatic heterocycles. The quantitative estimate of drug-likeness (QED) is 0.629. The molecule has 0 bridgehead atoms. The summed E-state index contributed by atoms with van der Waals surface area (Å²) >= 11 is 5.52. The Morgan fingerprint density at radius 3 is 1.91 bits per heavy atom. The molecule has 0 spiro atoms. The van der Waals surface area contributed by atoms with Gasteiger partial charge in [0.25, 0.3) is 0 Å². The van der Waals surface area contributed by atoms with E-state index in [1.54, 1.807) is 0 Å². The number of halogens is 1. The smallest absolute Gasteiger partial charge is 0.148 e. The van der Waals surface area contributed by atoms with Gasteiger partial charge in [0.15, 0.2) is 0 Å². The van der Waals surface area contributed by atoms with Gasteiger partial charge in [-0.15, -0.1) is 18.0 Å². The summed E-state index contributed by atoms with van der Waals surface area (Å²) in [6, 6.07) is 15.3. The van der Waals surface area contributed by atoms with Crippen molar-refractivity contribution in [2.24, 2.45) is 0 Å². The lowest BCUT2D eigenvalue weighted by Gasteiger charge is -2.10. The molecule has 114 valence electrons. The third kappa shape index (κ3) is 4.70. The maximum absolute atomic E-state index is 9.36. The molecule has 2 rings (SSSR count). The first kappa shape index (κ1) is 16.2. The number of alkyl halides is 1. The maximum Gasteiger partial charge on any atom is 0.148 e. The van der Waals surface area contributed by atoms with Gasteiger partial charge in [0.2, 0.25) is 0 Å². The van der Waals surface area contributed by atoms with Crippen molar-refractivity contribution in [2.45, 2.75) is 6.10 Å². The zero-order valence-electron chi connectivity index (χ0n) is 12.0.